The smallest absolute Gasteiger partial charge is 0.167 e. The number of hydrogen-bond donors (Lipinski definition) is 0. The van der Waals surface area contributed by atoms with Gasteiger partial charge in [-0.05, 0) is 86.3 Å². The van der Waals surface area contributed by atoms with Gasteiger partial charge in [0, 0.05) is 32.7 Å². The van der Waals surface area contributed by atoms with Gasteiger partial charge in [-0.2, -0.15) is 0 Å². The highest BCUT2D eigenvalue weighted by molar-refractivity contribution is 6.23. The number of benzene rings is 9. The number of nitrogens with zero attached hydrogens (tertiary/aromatic N) is 3. The predicted octanol–water partition coefficient (Wildman–Crippen LogP) is 14.3. The lowest BCUT2D eigenvalue weighted by molar-refractivity contribution is 0.668. The van der Waals surface area contributed by atoms with Crippen molar-refractivity contribution < 1.29 is 8.83 Å². The van der Waals surface area contributed by atoms with Gasteiger partial charge in [-0.15, -0.1) is 0 Å². The van der Waals surface area contributed by atoms with E-state index in [2.05, 4.69) is 146 Å². The molecule has 270 valence electrons. The SMILES string of the molecule is c1ccc(-c2ccc3cc(-c4nc(-c5ccc6c(c5)oc5ccccc56)nc(-c5cccc6c5oc5cc(-c7ccccc7)c7ccccc7c56)n4)ccc3c2)cc1. The number of fused-ring (bicyclic) bond motifs is 9. The summed E-state index contributed by atoms with van der Waals surface area (Å²) in [5.74, 6) is 1.65. The zero-order valence-electron chi connectivity index (χ0n) is 31.1. The van der Waals surface area contributed by atoms with Crippen molar-refractivity contribution in [2.45, 2.75) is 0 Å². The first-order chi connectivity index (χ1) is 28.7. The second-order valence-corrected chi connectivity index (χ2v) is 14.8. The van der Waals surface area contributed by atoms with Crippen LogP contribution >= 0.6 is 0 Å². The standard InChI is InChI=1S/C53H31N3O2/c1-3-12-32(13-4-1)34-22-23-36-29-37(25-24-35(36)28-34)51-54-52(38-26-27-41-40-17-9-10-21-46(40)57-47(41)30-38)56-53(55-51)44-20-11-19-43-49-42-18-8-7-16-39(42)45(31-48(49)58-50(43)44)33-14-5-2-6-15-33/h1-31H. The lowest BCUT2D eigenvalue weighted by atomic mass is 9.95. The molecule has 0 radical (unpaired) electrons. The van der Waals surface area contributed by atoms with Gasteiger partial charge in [0.05, 0.1) is 5.56 Å². The van der Waals surface area contributed by atoms with Crippen LogP contribution in [0.2, 0.25) is 0 Å². The Morgan fingerprint density at radius 1 is 0.293 bits per heavy atom. The first kappa shape index (κ1) is 32.4. The predicted molar refractivity (Wildman–Crippen MR) is 237 cm³/mol. The fourth-order valence-corrected chi connectivity index (χ4v) is 8.51. The third kappa shape index (κ3) is 5.21. The Morgan fingerprint density at radius 3 is 1.67 bits per heavy atom. The van der Waals surface area contributed by atoms with Crippen molar-refractivity contribution in [3.63, 3.8) is 0 Å². The molecule has 0 atom stereocenters. The summed E-state index contributed by atoms with van der Waals surface area (Å²) in [6.07, 6.45) is 0. The molecule has 58 heavy (non-hydrogen) atoms. The van der Waals surface area contributed by atoms with Crippen LogP contribution in [0.15, 0.2) is 197 Å². The van der Waals surface area contributed by atoms with Crippen molar-refractivity contribution in [1.82, 2.24) is 15.0 Å². The van der Waals surface area contributed by atoms with Crippen molar-refractivity contribution >= 4 is 65.4 Å². The average molecular weight is 742 g/mol. The zero-order valence-corrected chi connectivity index (χ0v) is 31.1. The van der Waals surface area contributed by atoms with E-state index in [0.717, 1.165) is 87.9 Å². The monoisotopic (exact) mass is 741 g/mol. The van der Waals surface area contributed by atoms with Crippen LogP contribution in [0.1, 0.15) is 0 Å². The summed E-state index contributed by atoms with van der Waals surface area (Å²) in [7, 11) is 0. The molecule has 0 fully saturated rings. The molecular formula is C53H31N3O2. The van der Waals surface area contributed by atoms with Crippen LogP contribution in [0.4, 0.5) is 0 Å². The van der Waals surface area contributed by atoms with E-state index >= 15 is 0 Å². The highest BCUT2D eigenvalue weighted by atomic mass is 16.3. The molecule has 0 saturated carbocycles. The maximum atomic E-state index is 6.88. The second-order valence-electron chi connectivity index (χ2n) is 14.8. The van der Waals surface area contributed by atoms with E-state index in [9.17, 15) is 0 Å². The minimum Gasteiger partial charge on any atom is -0.456 e. The lowest BCUT2D eigenvalue weighted by Gasteiger charge is -2.10. The quantitative estimate of drug-likeness (QED) is 0.176. The summed E-state index contributed by atoms with van der Waals surface area (Å²) in [6.45, 7) is 0. The maximum absolute atomic E-state index is 6.88. The summed E-state index contributed by atoms with van der Waals surface area (Å²) in [6, 6.07) is 65.2. The Hall–Kier alpha value is -7.89. The largest absolute Gasteiger partial charge is 0.456 e. The third-order valence-electron chi connectivity index (χ3n) is 11.3. The Morgan fingerprint density at radius 2 is 0.879 bits per heavy atom. The van der Waals surface area contributed by atoms with Crippen LogP contribution in [-0.4, -0.2) is 15.0 Å². The Labute approximate surface area is 332 Å². The molecule has 0 N–H and O–H groups in total. The molecule has 0 aliphatic heterocycles. The van der Waals surface area contributed by atoms with Crippen LogP contribution < -0.4 is 0 Å². The minimum absolute atomic E-state index is 0.529. The molecular weight excluding hydrogens is 711 g/mol. The van der Waals surface area contributed by atoms with Crippen molar-refractivity contribution in [2.24, 2.45) is 0 Å². The molecule has 0 bridgehead atoms. The van der Waals surface area contributed by atoms with Gasteiger partial charge in [0.25, 0.3) is 0 Å². The molecule has 0 spiro atoms. The van der Waals surface area contributed by atoms with Crippen LogP contribution in [0.3, 0.4) is 0 Å². The summed E-state index contributed by atoms with van der Waals surface area (Å²) in [5, 5.41) is 8.76. The van der Waals surface area contributed by atoms with Gasteiger partial charge in [-0.3, -0.25) is 0 Å². The van der Waals surface area contributed by atoms with Crippen molar-refractivity contribution in [3.8, 4) is 56.4 Å². The van der Waals surface area contributed by atoms with Gasteiger partial charge in [0.2, 0.25) is 0 Å². The second kappa shape index (κ2) is 12.8. The molecule has 5 heteroatoms. The normalized spacial score (nSPS) is 11.8. The Balaban J connectivity index is 1.07. The summed E-state index contributed by atoms with van der Waals surface area (Å²) >= 11 is 0. The number of rotatable bonds is 5. The molecule has 9 aromatic carbocycles. The van der Waals surface area contributed by atoms with Gasteiger partial charge in [0.15, 0.2) is 17.5 Å². The van der Waals surface area contributed by atoms with Gasteiger partial charge >= 0.3 is 0 Å². The Bertz CT molecular complexity index is 3570. The summed E-state index contributed by atoms with van der Waals surface area (Å²) in [4.78, 5) is 15.5. The van der Waals surface area contributed by atoms with Crippen LogP contribution in [0, 0.1) is 0 Å². The first-order valence-corrected chi connectivity index (χ1v) is 19.4. The maximum Gasteiger partial charge on any atom is 0.167 e. The number of furan rings is 2. The van der Waals surface area contributed by atoms with E-state index in [4.69, 9.17) is 23.8 Å². The third-order valence-corrected chi connectivity index (χ3v) is 11.3. The Kier molecular flexibility index (Phi) is 7.16. The van der Waals surface area contributed by atoms with Crippen LogP contribution in [0.5, 0.6) is 0 Å². The van der Waals surface area contributed by atoms with Gasteiger partial charge in [0.1, 0.15) is 22.3 Å². The number of aromatic nitrogens is 3. The van der Waals surface area contributed by atoms with E-state index in [1.54, 1.807) is 0 Å². The fraction of sp³-hybridized carbons (Fsp3) is 0. The van der Waals surface area contributed by atoms with Gasteiger partial charge in [-0.25, -0.2) is 15.0 Å². The van der Waals surface area contributed by atoms with E-state index < -0.39 is 0 Å². The molecule has 0 aliphatic rings. The molecule has 3 heterocycles. The highest BCUT2D eigenvalue weighted by Crippen LogP contribution is 2.43. The van der Waals surface area contributed by atoms with Crippen molar-refractivity contribution in [2.75, 3.05) is 0 Å². The van der Waals surface area contributed by atoms with Crippen molar-refractivity contribution in [1.29, 1.82) is 0 Å². The zero-order chi connectivity index (χ0) is 38.2. The van der Waals surface area contributed by atoms with Crippen LogP contribution in [0.25, 0.3) is 122 Å². The average Bonchev–Trinajstić information content (AvgIpc) is 3.87. The molecule has 3 aromatic heterocycles. The van der Waals surface area contributed by atoms with Crippen molar-refractivity contribution in [3.05, 3.63) is 188 Å². The lowest BCUT2D eigenvalue weighted by Crippen LogP contribution is -2.00. The van der Waals surface area contributed by atoms with Gasteiger partial charge < -0.3 is 8.83 Å². The molecule has 12 aromatic rings. The topological polar surface area (TPSA) is 65.0 Å². The summed E-state index contributed by atoms with van der Waals surface area (Å²) in [5.41, 5.74) is 10.3. The molecule has 0 aliphatic carbocycles. The molecule has 0 unspecified atom stereocenters. The first-order valence-electron chi connectivity index (χ1n) is 19.4. The van der Waals surface area contributed by atoms with E-state index in [0.29, 0.717) is 17.5 Å². The minimum atomic E-state index is 0.529. The van der Waals surface area contributed by atoms with Gasteiger partial charge in [-0.1, -0.05) is 146 Å². The summed E-state index contributed by atoms with van der Waals surface area (Å²) < 4.78 is 13.2. The van der Waals surface area contributed by atoms with E-state index in [1.807, 2.05) is 42.5 Å². The fourth-order valence-electron chi connectivity index (χ4n) is 8.51. The number of para-hydroxylation sites is 2. The number of hydrogen-bond acceptors (Lipinski definition) is 5. The van der Waals surface area contributed by atoms with E-state index in [-0.39, 0.29) is 0 Å². The molecule has 0 amide bonds. The van der Waals surface area contributed by atoms with E-state index in [1.165, 1.54) is 16.5 Å². The molecule has 5 nitrogen and oxygen atoms in total. The highest BCUT2D eigenvalue weighted by Gasteiger charge is 2.21. The van der Waals surface area contributed by atoms with Crippen LogP contribution in [-0.2, 0) is 0 Å². The molecule has 12 rings (SSSR count). The molecule has 0 saturated heterocycles.